The molecule has 3 nitrogen and oxygen atoms in total. The summed E-state index contributed by atoms with van der Waals surface area (Å²) in [5.41, 5.74) is 0. The van der Waals surface area contributed by atoms with Crippen molar-refractivity contribution in [2.75, 3.05) is 0 Å². The first-order valence-electron chi connectivity index (χ1n) is 3.22. The van der Waals surface area contributed by atoms with Gasteiger partial charge in [-0.1, -0.05) is 36.5 Å². The molecule has 0 aliphatic carbocycles. The number of hydrogen-bond acceptors (Lipinski definition) is 2. The molecule has 0 aliphatic heterocycles. The van der Waals surface area contributed by atoms with E-state index in [2.05, 4.69) is 0 Å². The van der Waals surface area contributed by atoms with Gasteiger partial charge >= 0.3 is 10.1 Å². The lowest BCUT2D eigenvalue weighted by Gasteiger charge is -2.20. The van der Waals surface area contributed by atoms with Gasteiger partial charge in [0, 0.05) is 0 Å². The lowest BCUT2D eigenvalue weighted by atomic mass is 10.3. The molecule has 0 rings (SSSR count). The fraction of sp³-hybridized carbons (Fsp3) is 1.00. The molecule has 0 heterocycles. The van der Waals surface area contributed by atoms with Crippen LogP contribution >= 0.6 is 34.8 Å². The Morgan fingerprint density at radius 3 is 2.17 bits per heavy atom. The molecule has 0 aromatic heterocycles. The van der Waals surface area contributed by atoms with Crippen molar-refractivity contribution in [2.24, 2.45) is 0 Å². The summed E-state index contributed by atoms with van der Waals surface area (Å²) in [6.07, 6.45) is 0.944. The molecular weight excluding hydrogens is 246 g/mol. The van der Waals surface area contributed by atoms with Crippen molar-refractivity contribution in [3.8, 4) is 0 Å². The Morgan fingerprint density at radius 1 is 1.50 bits per heavy atom. The van der Waals surface area contributed by atoms with Gasteiger partial charge in [-0.05, 0) is 6.42 Å². The molecule has 0 bridgehead atoms. The summed E-state index contributed by atoms with van der Waals surface area (Å²) in [5, 5.41) is -1.01. The fourth-order valence-electron chi connectivity index (χ4n) is 0.583. The van der Waals surface area contributed by atoms with Crippen LogP contribution in [0.1, 0.15) is 19.8 Å². The Bertz CT molecular complexity index is 236. The van der Waals surface area contributed by atoms with Gasteiger partial charge in [0.25, 0.3) is 3.67 Å². The van der Waals surface area contributed by atoms with E-state index in [0.29, 0.717) is 12.8 Å². The van der Waals surface area contributed by atoms with Gasteiger partial charge in [0.1, 0.15) is 0 Å². The standard InChI is InChI=1S/C5H9Cl3O3S/c1-2-3-4(6)5(7,8)12(9,10)11/h4H,2-3H2,1H3,(H,9,10,11). The van der Waals surface area contributed by atoms with Crippen LogP contribution in [-0.4, -0.2) is 22.0 Å². The predicted octanol–water partition coefficient (Wildman–Crippen LogP) is 2.41. The maximum atomic E-state index is 10.6. The lowest BCUT2D eigenvalue weighted by molar-refractivity contribution is 0.470. The third-order valence-electron chi connectivity index (χ3n) is 1.25. The summed E-state index contributed by atoms with van der Waals surface area (Å²) in [6.45, 7) is 1.79. The molecule has 0 fully saturated rings. The zero-order chi connectivity index (χ0) is 9.99. The van der Waals surface area contributed by atoms with Crippen LogP contribution in [0.15, 0.2) is 0 Å². The smallest absolute Gasteiger partial charge is 0.283 e. The first-order valence-corrected chi connectivity index (χ1v) is 5.85. The van der Waals surface area contributed by atoms with Crippen molar-refractivity contribution in [1.29, 1.82) is 0 Å². The molecule has 0 aromatic carbocycles. The van der Waals surface area contributed by atoms with Gasteiger partial charge in [-0.3, -0.25) is 4.55 Å². The second-order valence-corrected chi connectivity index (χ2v) is 6.25. The van der Waals surface area contributed by atoms with E-state index >= 15 is 0 Å². The van der Waals surface area contributed by atoms with Crippen LogP contribution in [0, 0.1) is 0 Å². The van der Waals surface area contributed by atoms with Crippen molar-refractivity contribution in [3.63, 3.8) is 0 Å². The third-order valence-corrected chi connectivity index (χ3v) is 4.82. The first-order chi connectivity index (χ1) is 5.23. The van der Waals surface area contributed by atoms with Crippen LogP contribution in [0.4, 0.5) is 0 Å². The number of alkyl halides is 3. The van der Waals surface area contributed by atoms with Crippen molar-refractivity contribution >= 4 is 44.9 Å². The van der Waals surface area contributed by atoms with E-state index in [4.69, 9.17) is 39.4 Å². The predicted molar refractivity (Wildman–Crippen MR) is 50.5 cm³/mol. The van der Waals surface area contributed by atoms with Gasteiger partial charge in [0.05, 0.1) is 5.38 Å². The van der Waals surface area contributed by atoms with Crippen molar-refractivity contribution < 1.29 is 13.0 Å². The second kappa shape index (κ2) is 4.33. The number of hydrogen-bond donors (Lipinski definition) is 1. The molecule has 7 heteroatoms. The monoisotopic (exact) mass is 254 g/mol. The maximum Gasteiger partial charge on any atom is 0.300 e. The van der Waals surface area contributed by atoms with E-state index in [1.54, 1.807) is 6.92 Å². The average molecular weight is 256 g/mol. The summed E-state index contributed by atoms with van der Waals surface area (Å²) < 4.78 is 27.4. The zero-order valence-electron chi connectivity index (χ0n) is 6.30. The third kappa shape index (κ3) is 2.92. The molecule has 1 atom stereocenters. The normalized spacial score (nSPS) is 16.1. The summed E-state index contributed by atoms with van der Waals surface area (Å²) >= 11 is 16.2. The Kier molecular flexibility index (Phi) is 4.61. The molecule has 0 saturated heterocycles. The van der Waals surface area contributed by atoms with Gasteiger partial charge in [-0.15, -0.1) is 11.6 Å². The van der Waals surface area contributed by atoms with Gasteiger partial charge in [0.2, 0.25) is 0 Å². The molecular formula is C5H9Cl3O3S. The number of halogens is 3. The quantitative estimate of drug-likeness (QED) is 0.620. The average Bonchev–Trinajstić information content (AvgIpc) is 1.85. The van der Waals surface area contributed by atoms with E-state index in [1.807, 2.05) is 0 Å². The van der Waals surface area contributed by atoms with Crippen LogP contribution in [0.5, 0.6) is 0 Å². The highest BCUT2D eigenvalue weighted by Gasteiger charge is 2.45. The Balaban J connectivity index is 4.62. The Hall–Kier alpha value is 0.780. The van der Waals surface area contributed by atoms with Gasteiger partial charge in [-0.25, -0.2) is 0 Å². The minimum Gasteiger partial charge on any atom is -0.283 e. The fourth-order valence-corrected chi connectivity index (χ4v) is 1.80. The largest absolute Gasteiger partial charge is 0.300 e. The topological polar surface area (TPSA) is 54.4 Å². The van der Waals surface area contributed by atoms with Gasteiger partial charge < -0.3 is 0 Å². The Labute approximate surface area is 86.7 Å². The van der Waals surface area contributed by atoms with Crippen LogP contribution in [0.25, 0.3) is 0 Å². The van der Waals surface area contributed by atoms with Crippen LogP contribution < -0.4 is 0 Å². The minimum atomic E-state index is -4.52. The summed E-state index contributed by atoms with van der Waals surface area (Å²) in [6, 6.07) is 0. The van der Waals surface area contributed by atoms with E-state index in [0.717, 1.165) is 0 Å². The minimum absolute atomic E-state index is 0.314. The molecule has 1 unspecified atom stereocenters. The lowest BCUT2D eigenvalue weighted by Crippen LogP contribution is -2.35. The molecule has 0 spiro atoms. The van der Waals surface area contributed by atoms with Crippen LogP contribution in [-0.2, 0) is 10.1 Å². The molecule has 0 aliphatic rings. The van der Waals surface area contributed by atoms with Crippen LogP contribution in [0.3, 0.4) is 0 Å². The maximum absolute atomic E-state index is 10.6. The number of rotatable bonds is 4. The van der Waals surface area contributed by atoms with Crippen LogP contribution in [0.2, 0.25) is 0 Å². The van der Waals surface area contributed by atoms with E-state index in [-0.39, 0.29) is 0 Å². The highest BCUT2D eigenvalue weighted by atomic mass is 35.5. The van der Waals surface area contributed by atoms with Crippen molar-refractivity contribution in [3.05, 3.63) is 0 Å². The molecule has 0 saturated carbocycles. The molecule has 74 valence electrons. The van der Waals surface area contributed by atoms with E-state index in [1.165, 1.54) is 0 Å². The van der Waals surface area contributed by atoms with Crippen molar-refractivity contribution in [1.82, 2.24) is 0 Å². The van der Waals surface area contributed by atoms with Gasteiger partial charge in [-0.2, -0.15) is 8.42 Å². The van der Waals surface area contributed by atoms with E-state index in [9.17, 15) is 8.42 Å². The molecule has 0 aromatic rings. The highest BCUT2D eigenvalue weighted by molar-refractivity contribution is 7.90. The Morgan fingerprint density at radius 2 is 1.92 bits per heavy atom. The molecule has 0 radical (unpaired) electrons. The summed E-state index contributed by atoms with van der Waals surface area (Å²) in [7, 11) is -4.52. The summed E-state index contributed by atoms with van der Waals surface area (Å²) in [5.74, 6) is 0. The van der Waals surface area contributed by atoms with Gasteiger partial charge in [0.15, 0.2) is 0 Å². The molecule has 1 N–H and O–H groups in total. The first kappa shape index (κ1) is 12.8. The van der Waals surface area contributed by atoms with Crippen molar-refractivity contribution in [2.45, 2.75) is 28.8 Å². The summed E-state index contributed by atoms with van der Waals surface area (Å²) in [4.78, 5) is 0. The zero-order valence-corrected chi connectivity index (χ0v) is 9.38. The highest BCUT2D eigenvalue weighted by Crippen LogP contribution is 2.36. The second-order valence-electron chi connectivity index (χ2n) is 2.29. The van der Waals surface area contributed by atoms with E-state index < -0.39 is 19.2 Å². The molecule has 0 amide bonds. The molecule has 12 heavy (non-hydrogen) atoms. The SMILES string of the molecule is CCCC(Cl)C(Cl)(Cl)S(=O)(=O)O.